The summed E-state index contributed by atoms with van der Waals surface area (Å²) in [4.78, 5) is 7.10. The molecule has 1 N–H and O–H groups in total. The smallest absolute Gasteiger partial charge is 0.0726 e. The first kappa shape index (κ1) is 12.4. The fraction of sp³-hybridized carbons (Fsp3) is 0.438. The van der Waals surface area contributed by atoms with Gasteiger partial charge in [0.2, 0.25) is 0 Å². The number of aryl methyl sites for hydroxylation is 1. The highest BCUT2D eigenvalue weighted by Crippen LogP contribution is 2.27. The summed E-state index contributed by atoms with van der Waals surface area (Å²) in [5.74, 6) is 0. The van der Waals surface area contributed by atoms with Crippen LogP contribution in [0.25, 0.3) is 10.9 Å². The van der Waals surface area contributed by atoms with Gasteiger partial charge in [0.25, 0.3) is 0 Å². The molecule has 3 rings (SSSR count). The van der Waals surface area contributed by atoms with Gasteiger partial charge in [-0.15, -0.1) is 0 Å². The van der Waals surface area contributed by atoms with Crippen LogP contribution in [-0.4, -0.2) is 30.2 Å². The molecule has 2 aromatic rings. The number of fused-ring (bicyclic) bond motifs is 1. The molecule has 0 bridgehead atoms. The lowest BCUT2D eigenvalue weighted by Gasteiger charge is -2.38. The van der Waals surface area contributed by atoms with Crippen LogP contribution in [0.5, 0.6) is 0 Å². The average molecular weight is 255 g/mol. The van der Waals surface area contributed by atoms with E-state index in [-0.39, 0.29) is 0 Å². The van der Waals surface area contributed by atoms with Crippen molar-refractivity contribution in [3.05, 3.63) is 36.0 Å². The van der Waals surface area contributed by atoms with Crippen LogP contribution in [0.3, 0.4) is 0 Å². The third kappa shape index (κ3) is 2.43. The zero-order valence-corrected chi connectivity index (χ0v) is 11.9. The minimum absolute atomic E-state index is 0.525. The standard InChI is InChI=1S/C16H21N3/c1-11-7-8-14-15(18-11)5-4-6-16(14)19-9-12(2)17-13(3)10-19/h4-8,12-13,17H,9-10H2,1-3H3. The monoisotopic (exact) mass is 255 g/mol. The molecule has 19 heavy (non-hydrogen) atoms. The van der Waals surface area contributed by atoms with Crippen molar-refractivity contribution in [2.24, 2.45) is 0 Å². The SMILES string of the molecule is Cc1ccc2c(N3CC(C)NC(C)C3)cccc2n1. The van der Waals surface area contributed by atoms with E-state index in [0.717, 1.165) is 24.3 Å². The maximum absolute atomic E-state index is 4.63. The van der Waals surface area contributed by atoms with Crippen LogP contribution in [0.2, 0.25) is 0 Å². The Bertz CT molecular complexity index is 584. The van der Waals surface area contributed by atoms with E-state index in [0.29, 0.717) is 12.1 Å². The fourth-order valence-electron chi connectivity index (χ4n) is 3.04. The van der Waals surface area contributed by atoms with E-state index in [1.165, 1.54) is 11.1 Å². The Balaban J connectivity index is 2.04. The molecule has 0 aliphatic carbocycles. The average Bonchev–Trinajstić information content (AvgIpc) is 2.36. The van der Waals surface area contributed by atoms with Crippen LogP contribution in [0.4, 0.5) is 5.69 Å². The Hall–Kier alpha value is -1.61. The minimum atomic E-state index is 0.525. The molecule has 1 aliphatic heterocycles. The summed E-state index contributed by atoms with van der Waals surface area (Å²) in [5, 5.41) is 4.84. The number of nitrogens with zero attached hydrogens (tertiary/aromatic N) is 2. The third-order valence-electron chi connectivity index (χ3n) is 3.75. The van der Waals surface area contributed by atoms with E-state index in [1.807, 2.05) is 6.92 Å². The molecule has 0 spiro atoms. The predicted octanol–water partition coefficient (Wildman–Crippen LogP) is 2.73. The molecular formula is C16H21N3. The molecule has 0 saturated carbocycles. The van der Waals surface area contributed by atoms with Gasteiger partial charge in [-0.3, -0.25) is 4.98 Å². The summed E-state index contributed by atoms with van der Waals surface area (Å²) in [6.45, 7) is 8.64. The minimum Gasteiger partial charge on any atom is -0.368 e. The Kier molecular flexibility index (Phi) is 3.15. The van der Waals surface area contributed by atoms with Crippen molar-refractivity contribution in [1.29, 1.82) is 0 Å². The van der Waals surface area contributed by atoms with Crippen molar-refractivity contribution in [1.82, 2.24) is 10.3 Å². The second-order valence-corrected chi connectivity index (χ2v) is 5.67. The molecule has 1 aromatic heterocycles. The Morgan fingerprint density at radius 3 is 2.58 bits per heavy atom. The Morgan fingerprint density at radius 2 is 1.84 bits per heavy atom. The lowest BCUT2D eigenvalue weighted by Crippen LogP contribution is -2.54. The van der Waals surface area contributed by atoms with Gasteiger partial charge in [-0.1, -0.05) is 6.07 Å². The fourth-order valence-corrected chi connectivity index (χ4v) is 3.04. The third-order valence-corrected chi connectivity index (χ3v) is 3.75. The maximum atomic E-state index is 4.63. The number of nitrogens with one attached hydrogen (secondary N) is 1. The first-order chi connectivity index (χ1) is 9.13. The van der Waals surface area contributed by atoms with E-state index in [1.54, 1.807) is 0 Å². The van der Waals surface area contributed by atoms with Gasteiger partial charge < -0.3 is 10.2 Å². The highest BCUT2D eigenvalue weighted by molar-refractivity contribution is 5.92. The van der Waals surface area contributed by atoms with Crippen molar-refractivity contribution in [3.63, 3.8) is 0 Å². The number of rotatable bonds is 1. The topological polar surface area (TPSA) is 28.2 Å². The predicted molar refractivity (Wildman–Crippen MR) is 80.8 cm³/mol. The van der Waals surface area contributed by atoms with Gasteiger partial charge in [0, 0.05) is 41.9 Å². The van der Waals surface area contributed by atoms with Crippen LogP contribution < -0.4 is 10.2 Å². The molecular weight excluding hydrogens is 234 g/mol. The summed E-state index contributed by atoms with van der Waals surface area (Å²) < 4.78 is 0. The summed E-state index contributed by atoms with van der Waals surface area (Å²) in [6, 6.07) is 11.8. The highest BCUT2D eigenvalue weighted by atomic mass is 15.2. The van der Waals surface area contributed by atoms with E-state index < -0.39 is 0 Å². The van der Waals surface area contributed by atoms with Crippen LogP contribution in [-0.2, 0) is 0 Å². The number of anilines is 1. The molecule has 3 heteroatoms. The van der Waals surface area contributed by atoms with Crippen molar-refractivity contribution in [2.45, 2.75) is 32.9 Å². The first-order valence-electron chi connectivity index (χ1n) is 7.01. The van der Waals surface area contributed by atoms with Gasteiger partial charge in [-0.2, -0.15) is 0 Å². The van der Waals surface area contributed by atoms with Crippen molar-refractivity contribution in [3.8, 4) is 0 Å². The Labute approximate surface area is 114 Å². The van der Waals surface area contributed by atoms with Crippen LogP contribution in [0.15, 0.2) is 30.3 Å². The van der Waals surface area contributed by atoms with Crippen molar-refractivity contribution in [2.75, 3.05) is 18.0 Å². The molecule has 3 nitrogen and oxygen atoms in total. The lowest BCUT2D eigenvalue weighted by atomic mass is 10.1. The summed E-state index contributed by atoms with van der Waals surface area (Å²) in [7, 11) is 0. The molecule has 2 atom stereocenters. The molecule has 1 aliphatic rings. The molecule has 0 radical (unpaired) electrons. The number of hydrogen-bond donors (Lipinski definition) is 1. The van der Waals surface area contributed by atoms with Gasteiger partial charge in [0.1, 0.15) is 0 Å². The number of hydrogen-bond acceptors (Lipinski definition) is 3. The van der Waals surface area contributed by atoms with Gasteiger partial charge in [-0.05, 0) is 45.0 Å². The Morgan fingerprint density at radius 1 is 1.11 bits per heavy atom. The van der Waals surface area contributed by atoms with E-state index in [4.69, 9.17) is 0 Å². The van der Waals surface area contributed by atoms with Crippen molar-refractivity contribution < 1.29 is 0 Å². The molecule has 1 saturated heterocycles. The van der Waals surface area contributed by atoms with E-state index >= 15 is 0 Å². The van der Waals surface area contributed by atoms with Crippen LogP contribution in [0.1, 0.15) is 19.5 Å². The normalized spacial score (nSPS) is 23.8. The number of aromatic nitrogens is 1. The molecule has 0 amide bonds. The zero-order chi connectivity index (χ0) is 13.4. The summed E-state index contributed by atoms with van der Waals surface area (Å²) in [6.07, 6.45) is 0. The second-order valence-electron chi connectivity index (χ2n) is 5.67. The van der Waals surface area contributed by atoms with E-state index in [2.05, 4.69) is 59.4 Å². The summed E-state index contributed by atoms with van der Waals surface area (Å²) >= 11 is 0. The lowest BCUT2D eigenvalue weighted by molar-refractivity contribution is 0.407. The zero-order valence-electron chi connectivity index (χ0n) is 11.9. The number of benzene rings is 1. The first-order valence-corrected chi connectivity index (χ1v) is 7.01. The van der Waals surface area contributed by atoms with Crippen molar-refractivity contribution >= 4 is 16.6 Å². The second kappa shape index (κ2) is 4.82. The van der Waals surface area contributed by atoms with Crippen LogP contribution >= 0.6 is 0 Å². The molecule has 1 aromatic carbocycles. The molecule has 1 fully saturated rings. The van der Waals surface area contributed by atoms with Crippen LogP contribution in [0, 0.1) is 6.92 Å². The quantitative estimate of drug-likeness (QED) is 0.849. The van der Waals surface area contributed by atoms with Gasteiger partial charge in [0.05, 0.1) is 5.52 Å². The number of pyridine rings is 1. The van der Waals surface area contributed by atoms with Gasteiger partial charge >= 0.3 is 0 Å². The largest absolute Gasteiger partial charge is 0.368 e. The number of piperazine rings is 1. The van der Waals surface area contributed by atoms with E-state index in [9.17, 15) is 0 Å². The summed E-state index contributed by atoms with van der Waals surface area (Å²) in [5.41, 5.74) is 3.48. The van der Waals surface area contributed by atoms with Gasteiger partial charge in [0.15, 0.2) is 0 Å². The molecule has 100 valence electrons. The highest BCUT2D eigenvalue weighted by Gasteiger charge is 2.22. The molecule has 2 unspecified atom stereocenters. The maximum Gasteiger partial charge on any atom is 0.0726 e. The molecule has 2 heterocycles. The van der Waals surface area contributed by atoms with Gasteiger partial charge in [-0.25, -0.2) is 0 Å².